The van der Waals surface area contributed by atoms with Gasteiger partial charge in [-0.05, 0) is 56.2 Å². The quantitative estimate of drug-likeness (QED) is 0.689. The summed E-state index contributed by atoms with van der Waals surface area (Å²) in [5.74, 6) is 0. The molecular formula is C26H38N4O2. The molecule has 174 valence electrons. The second-order valence-corrected chi connectivity index (χ2v) is 9.88. The van der Waals surface area contributed by atoms with E-state index in [1.807, 2.05) is 25.7 Å². The highest BCUT2D eigenvalue weighted by Gasteiger charge is 2.30. The molecule has 0 atom stereocenters. The molecule has 1 aliphatic rings. The highest BCUT2D eigenvalue weighted by molar-refractivity contribution is 5.68. The lowest BCUT2D eigenvalue weighted by molar-refractivity contribution is 0.0119. The molecule has 6 nitrogen and oxygen atoms in total. The molecule has 1 amide bonds. The van der Waals surface area contributed by atoms with Gasteiger partial charge in [0.15, 0.2) is 0 Å². The first-order chi connectivity index (χ1) is 15.0. The monoisotopic (exact) mass is 438 g/mol. The number of anilines is 2. The summed E-state index contributed by atoms with van der Waals surface area (Å²) in [5, 5.41) is 0. The highest BCUT2D eigenvalue weighted by Crippen LogP contribution is 2.32. The van der Waals surface area contributed by atoms with Crippen LogP contribution in [0.4, 0.5) is 16.2 Å². The fraction of sp³-hybridized carbons (Fsp3) is 0.500. The van der Waals surface area contributed by atoms with Gasteiger partial charge in [-0.2, -0.15) is 0 Å². The zero-order chi connectivity index (χ0) is 23.5. The molecule has 2 aromatic carbocycles. The molecule has 0 saturated carbocycles. The predicted octanol–water partition coefficient (Wildman–Crippen LogP) is 4.46. The Morgan fingerprint density at radius 3 is 1.53 bits per heavy atom. The second kappa shape index (κ2) is 9.82. The van der Waals surface area contributed by atoms with Gasteiger partial charge in [-0.25, -0.2) is 4.79 Å². The topological polar surface area (TPSA) is 39.3 Å². The van der Waals surface area contributed by atoms with Gasteiger partial charge < -0.3 is 19.4 Å². The second-order valence-electron chi connectivity index (χ2n) is 9.88. The Labute approximate surface area is 193 Å². The number of piperazine rings is 1. The average molecular weight is 439 g/mol. The van der Waals surface area contributed by atoms with Gasteiger partial charge in [-0.3, -0.25) is 4.90 Å². The van der Waals surface area contributed by atoms with E-state index < -0.39 is 5.60 Å². The molecule has 0 spiro atoms. The summed E-state index contributed by atoms with van der Waals surface area (Å²) in [6.45, 7) is 8.65. The molecule has 0 unspecified atom stereocenters. The van der Waals surface area contributed by atoms with Crippen molar-refractivity contribution in [2.75, 3.05) is 64.2 Å². The molecule has 0 radical (unpaired) electrons. The van der Waals surface area contributed by atoms with Crippen molar-refractivity contribution >= 4 is 17.5 Å². The van der Waals surface area contributed by atoms with Gasteiger partial charge in [-0.1, -0.05) is 24.3 Å². The number of ether oxygens (including phenoxy) is 1. The molecule has 32 heavy (non-hydrogen) atoms. The molecule has 1 heterocycles. The zero-order valence-electron chi connectivity index (χ0n) is 20.6. The lowest BCUT2D eigenvalue weighted by atomic mass is 9.95. The van der Waals surface area contributed by atoms with E-state index in [-0.39, 0.29) is 12.1 Å². The molecular weight excluding hydrogens is 400 g/mol. The molecule has 1 fully saturated rings. The van der Waals surface area contributed by atoms with Crippen LogP contribution in [0.5, 0.6) is 0 Å². The van der Waals surface area contributed by atoms with E-state index in [4.69, 9.17) is 4.74 Å². The molecule has 2 aromatic rings. The number of carbonyl (C=O) groups excluding carboxylic acids is 1. The maximum absolute atomic E-state index is 12.5. The van der Waals surface area contributed by atoms with Crippen LogP contribution in [0.3, 0.4) is 0 Å². The van der Waals surface area contributed by atoms with Crippen molar-refractivity contribution in [2.24, 2.45) is 0 Å². The van der Waals surface area contributed by atoms with Crippen molar-refractivity contribution < 1.29 is 9.53 Å². The highest BCUT2D eigenvalue weighted by atomic mass is 16.6. The van der Waals surface area contributed by atoms with E-state index in [9.17, 15) is 4.79 Å². The van der Waals surface area contributed by atoms with E-state index in [1.54, 1.807) is 0 Å². The summed E-state index contributed by atoms with van der Waals surface area (Å²) in [7, 11) is 8.23. The van der Waals surface area contributed by atoms with Crippen molar-refractivity contribution in [1.29, 1.82) is 0 Å². The summed E-state index contributed by atoms with van der Waals surface area (Å²) in [6.07, 6.45) is -0.223. The van der Waals surface area contributed by atoms with E-state index in [1.165, 1.54) is 22.5 Å². The van der Waals surface area contributed by atoms with Gasteiger partial charge in [0, 0.05) is 65.7 Å². The van der Waals surface area contributed by atoms with E-state index in [0.29, 0.717) is 13.1 Å². The molecule has 0 aliphatic carbocycles. The molecule has 1 saturated heterocycles. The van der Waals surface area contributed by atoms with Crippen LogP contribution in [0.25, 0.3) is 0 Å². The Hall–Kier alpha value is -2.73. The van der Waals surface area contributed by atoms with Crippen molar-refractivity contribution in [3.63, 3.8) is 0 Å². The molecule has 6 heteroatoms. The van der Waals surface area contributed by atoms with E-state index in [0.717, 1.165) is 13.1 Å². The number of hydrogen-bond acceptors (Lipinski definition) is 5. The largest absolute Gasteiger partial charge is 0.444 e. The number of amides is 1. The Bertz CT molecular complexity index is 826. The maximum Gasteiger partial charge on any atom is 0.410 e. The summed E-state index contributed by atoms with van der Waals surface area (Å²) >= 11 is 0. The van der Waals surface area contributed by atoms with Crippen LogP contribution in [0.1, 0.15) is 37.9 Å². The number of rotatable bonds is 5. The SMILES string of the molecule is CN(C)c1ccc(C(c2ccc(N(C)C)cc2)N2CCN(C(=O)OC(C)(C)C)CC2)cc1. The fourth-order valence-corrected chi connectivity index (χ4v) is 4.01. The summed E-state index contributed by atoms with van der Waals surface area (Å²) in [6, 6.07) is 17.7. The summed E-state index contributed by atoms with van der Waals surface area (Å²) in [4.78, 5) is 21.0. The van der Waals surface area contributed by atoms with Gasteiger partial charge in [-0.15, -0.1) is 0 Å². The lowest BCUT2D eigenvalue weighted by Crippen LogP contribution is -2.51. The van der Waals surface area contributed by atoms with Crippen molar-refractivity contribution in [3.05, 3.63) is 59.7 Å². The third kappa shape index (κ3) is 5.94. The van der Waals surface area contributed by atoms with Crippen LogP contribution < -0.4 is 9.80 Å². The van der Waals surface area contributed by atoms with Gasteiger partial charge in [0.2, 0.25) is 0 Å². The van der Waals surface area contributed by atoms with Crippen molar-refractivity contribution in [1.82, 2.24) is 9.80 Å². The first-order valence-corrected chi connectivity index (χ1v) is 11.3. The maximum atomic E-state index is 12.5. The third-order valence-corrected chi connectivity index (χ3v) is 5.78. The minimum Gasteiger partial charge on any atom is -0.444 e. The van der Waals surface area contributed by atoms with Crippen molar-refractivity contribution in [3.8, 4) is 0 Å². The normalized spacial score (nSPS) is 15.1. The summed E-state index contributed by atoms with van der Waals surface area (Å²) < 4.78 is 5.57. The summed E-state index contributed by atoms with van der Waals surface area (Å²) in [5.41, 5.74) is 4.42. The third-order valence-electron chi connectivity index (χ3n) is 5.78. The van der Waals surface area contributed by atoms with Gasteiger partial charge in [0.25, 0.3) is 0 Å². The lowest BCUT2D eigenvalue weighted by Gasteiger charge is -2.40. The van der Waals surface area contributed by atoms with Gasteiger partial charge in [0.1, 0.15) is 5.60 Å². The predicted molar refractivity (Wildman–Crippen MR) is 133 cm³/mol. The number of hydrogen-bond donors (Lipinski definition) is 0. The van der Waals surface area contributed by atoms with E-state index in [2.05, 4.69) is 91.4 Å². The number of carbonyl (C=O) groups is 1. The zero-order valence-corrected chi connectivity index (χ0v) is 20.6. The van der Waals surface area contributed by atoms with Gasteiger partial charge >= 0.3 is 6.09 Å². The minimum absolute atomic E-state index is 0.142. The van der Waals surface area contributed by atoms with Crippen molar-refractivity contribution in [2.45, 2.75) is 32.4 Å². The standard InChI is InChI=1S/C26H38N4O2/c1-26(2,3)32-25(31)30-18-16-29(17-19-30)24(20-8-12-22(13-9-20)27(4)5)21-10-14-23(15-11-21)28(6)7/h8-15,24H,16-19H2,1-7H3. The Morgan fingerprint density at radius 2 is 1.19 bits per heavy atom. The smallest absolute Gasteiger partial charge is 0.410 e. The van der Waals surface area contributed by atoms with Crippen LogP contribution in [0, 0.1) is 0 Å². The van der Waals surface area contributed by atoms with Crippen LogP contribution in [-0.2, 0) is 4.74 Å². The Kier molecular flexibility index (Phi) is 7.34. The van der Waals surface area contributed by atoms with Gasteiger partial charge in [0.05, 0.1) is 6.04 Å². The van der Waals surface area contributed by atoms with Crippen LogP contribution in [-0.4, -0.2) is 75.9 Å². The fourth-order valence-electron chi connectivity index (χ4n) is 4.01. The van der Waals surface area contributed by atoms with E-state index >= 15 is 0 Å². The van der Waals surface area contributed by atoms with Crippen LogP contribution in [0.15, 0.2) is 48.5 Å². The first kappa shape index (κ1) is 23.9. The molecule has 0 N–H and O–H groups in total. The molecule has 0 bridgehead atoms. The number of benzene rings is 2. The van der Waals surface area contributed by atoms with Crippen LogP contribution in [0.2, 0.25) is 0 Å². The molecule has 0 aromatic heterocycles. The molecule has 1 aliphatic heterocycles. The minimum atomic E-state index is -0.473. The Morgan fingerprint density at radius 1 is 0.781 bits per heavy atom. The number of nitrogens with zero attached hydrogens (tertiary/aromatic N) is 4. The Balaban J connectivity index is 1.82. The average Bonchev–Trinajstić information content (AvgIpc) is 2.74. The molecule has 3 rings (SSSR count). The first-order valence-electron chi connectivity index (χ1n) is 11.3. The van der Waals surface area contributed by atoms with Crippen LogP contribution >= 0.6 is 0 Å².